The minimum absolute atomic E-state index is 0.629. The zero-order valence-corrected chi connectivity index (χ0v) is 28.1. The molecule has 0 atom stereocenters. The summed E-state index contributed by atoms with van der Waals surface area (Å²) in [6, 6.07) is 64.8. The van der Waals surface area contributed by atoms with Crippen molar-refractivity contribution in [2.75, 3.05) is 0 Å². The summed E-state index contributed by atoms with van der Waals surface area (Å²) in [6.45, 7) is 0. The molecule has 0 amide bonds. The smallest absolute Gasteiger partial charge is 0.160 e. The van der Waals surface area contributed by atoms with Gasteiger partial charge in [-0.2, -0.15) is 0 Å². The zero-order valence-electron chi connectivity index (χ0n) is 28.1. The van der Waals surface area contributed by atoms with Crippen LogP contribution in [0.2, 0.25) is 0 Å². The molecule has 0 fully saturated rings. The topological polar surface area (TPSA) is 35.0 Å². The molecule has 1 aliphatic heterocycles. The maximum absolute atomic E-state index is 7.14. The van der Waals surface area contributed by atoms with Crippen LogP contribution in [-0.2, 0) is 5.41 Å². The molecule has 8 aromatic carbocycles. The van der Waals surface area contributed by atoms with Gasteiger partial charge in [-0.3, -0.25) is 0 Å². The quantitative estimate of drug-likeness (QED) is 0.189. The van der Waals surface area contributed by atoms with Crippen molar-refractivity contribution in [3.63, 3.8) is 0 Å². The van der Waals surface area contributed by atoms with Crippen LogP contribution in [0.3, 0.4) is 0 Å². The molecule has 9 aromatic rings. The van der Waals surface area contributed by atoms with Gasteiger partial charge in [0.25, 0.3) is 0 Å². The van der Waals surface area contributed by atoms with Gasteiger partial charge in [0.1, 0.15) is 11.5 Å². The second kappa shape index (κ2) is 11.1. The maximum Gasteiger partial charge on any atom is 0.160 e. The zero-order chi connectivity index (χ0) is 34.2. The predicted octanol–water partition coefficient (Wildman–Crippen LogP) is 12.3. The normalized spacial score (nSPS) is 13.3. The van der Waals surface area contributed by atoms with E-state index in [0.29, 0.717) is 5.82 Å². The van der Waals surface area contributed by atoms with Crippen molar-refractivity contribution in [2.24, 2.45) is 0 Å². The average molecular weight is 663 g/mol. The summed E-state index contributed by atoms with van der Waals surface area (Å²) in [5, 5.41) is 4.53. The fourth-order valence-corrected chi connectivity index (χ4v) is 8.63. The monoisotopic (exact) mass is 662 g/mol. The second-order valence-electron chi connectivity index (χ2n) is 13.7. The van der Waals surface area contributed by atoms with E-state index in [1.807, 2.05) is 24.3 Å². The predicted molar refractivity (Wildman–Crippen MR) is 211 cm³/mol. The first-order valence-electron chi connectivity index (χ1n) is 17.7. The van der Waals surface area contributed by atoms with E-state index in [4.69, 9.17) is 14.7 Å². The largest absolute Gasteiger partial charge is 0.455 e. The molecule has 52 heavy (non-hydrogen) atoms. The molecular formula is C49H30N2O. The van der Waals surface area contributed by atoms with Crippen LogP contribution in [0.1, 0.15) is 22.3 Å². The highest BCUT2D eigenvalue weighted by Gasteiger charge is 2.52. The molecule has 0 saturated carbocycles. The minimum Gasteiger partial charge on any atom is -0.455 e. The third-order valence-electron chi connectivity index (χ3n) is 10.9. The van der Waals surface area contributed by atoms with E-state index in [-0.39, 0.29) is 0 Å². The highest BCUT2D eigenvalue weighted by atomic mass is 16.5. The number of nitrogens with zero attached hydrogens (tertiary/aromatic N) is 2. The number of rotatable bonds is 3. The van der Waals surface area contributed by atoms with Crippen LogP contribution < -0.4 is 4.74 Å². The molecule has 11 rings (SSSR count). The van der Waals surface area contributed by atoms with Gasteiger partial charge >= 0.3 is 0 Å². The molecule has 1 spiro atoms. The Morgan fingerprint density at radius 3 is 1.58 bits per heavy atom. The molecular weight excluding hydrogens is 633 g/mol. The van der Waals surface area contributed by atoms with Crippen LogP contribution in [0.15, 0.2) is 182 Å². The van der Waals surface area contributed by atoms with Gasteiger partial charge in [0.15, 0.2) is 5.82 Å². The van der Waals surface area contributed by atoms with Crippen molar-refractivity contribution < 1.29 is 4.74 Å². The number of aromatic nitrogens is 2. The van der Waals surface area contributed by atoms with Crippen molar-refractivity contribution in [3.05, 3.63) is 204 Å². The standard InChI is InChI=1S/C49H30N2O/c1-3-15-33(16-4-1)44-30-45(51-48(50-44)34-17-5-2-6-18-34)35-23-26-39-38-21-11-12-22-40(38)49(43(39)29-35)41-27-24-31-13-7-9-19-36(31)46(41)52-47-37-20-10-8-14-32(37)25-28-42(47)49/h1-30H. The molecule has 1 aliphatic carbocycles. The van der Waals surface area contributed by atoms with E-state index >= 15 is 0 Å². The summed E-state index contributed by atoms with van der Waals surface area (Å²) in [5.41, 5.74) is 11.5. The average Bonchev–Trinajstić information content (AvgIpc) is 3.51. The molecule has 2 heterocycles. The third-order valence-corrected chi connectivity index (χ3v) is 10.9. The molecule has 3 heteroatoms. The highest BCUT2D eigenvalue weighted by Crippen LogP contribution is 2.64. The Balaban J connectivity index is 1.24. The van der Waals surface area contributed by atoms with Gasteiger partial charge in [0.05, 0.1) is 16.8 Å². The maximum atomic E-state index is 7.14. The lowest BCUT2D eigenvalue weighted by Crippen LogP contribution is -2.32. The lowest BCUT2D eigenvalue weighted by molar-refractivity contribution is 0.447. The summed E-state index contributed by atoms with van der Waals surface area (Å²) in [5.74, 6) is 2.53. The van der Waals surface area contributed by atoms with E-state index in [1.54, 1.807) is 0 Å². The number of benzene rings is 8. The highest BCUT2D eigenvalue weighted by molar-refractivity contribution is 6.00. The first-order valence-corrected chi connectivity index (χ1v) is 17.7. The Morgan fingerprint density at radius 2 is 0.904 bits per heavy atom. The van der Waals surface area contributed by atoms with Crippen molar-refractivity contribution >= 4 is 21.5 Å². The molecule has 3 nitrogen and oxygen atoms in total. The van der Waals surface area contributed by atoms with Gasteiger partial charge in [0.2, 0.25) is 0 Å². The van der Waals surface area contributed by atoms with Crippen LogP contribution in [0, 0.1) is 0 Å². The fourth-order valence-electron chi connectivity index (χ4n) is 8.63. The van der Waals surface area contributed by atoms with Crippen molar-refractivity contribution in [1.29, 1.82) is 0 Å². The SMILES string of the molecule is c1ccc(-c2cc(-c3ccc4c(c3)C3(c5ccccc5-4)c4ccc5ccccc5c4Oc4c3ccc3ccccc43)nc(-c3ccccc3)n2)cc1. The molecule has 0 N–H and O–H groups in total. The molecule has 0 radical (unpaired) electrons. The summed E-state index contributed by atoms with van der Waals surface area (Å²) in [7, 11) is 0. The van der Waals surface area contributed by atoms with Gasteiger partial charge < -0.3 is 4.74 Å². The lowest BCUT2D eigenvalue weighted by atomic mass is 9.65. The number of fused-ring (bicyclic) bond motifs is 13. The Kier molecular flexibility index (Phi) is 6.17. The number of hydrogen-bond donors (Lipinski definition) is 0. The van der Waals surface area contributed by atoms with Crippen molar-refractivity contribution in [1.82, 2.24) is 9.97 Å². The Labute approximate surface area is 301 Å². The summed E-state index contributed by atoms with van der Waals surface area (Å²) in [6.07, 6.45) is 0. The van der Waals surface area contributed by atoms with E-state index in [0.717, 1.165) is 72.2 Å². The van der Waals surface area contributed by atoms with Gasteiger partial charge in [-0.1, -0.05) is 170 Å². The molecule has 0 saturated heterocycles. The van der Waals surface area contributed by atoms with Gasteiger partial charge in [-0.15, -0.1) is 0 Å². The van der Waals surface area contributed by atoms with Crippen LogP contribution in [0.25, 0.3) is 66.6 Å². The summed E-state index contributed by atoms with van der Waals surface area (Å²) in [4.78, 5) is 10.3. The minimum atomic E-state index is -0.629. The molecule has 0 bridgehead atoms. The van der Waals surface area contributed by atoms with Crippen molar-refractivity contribution in [3.8, 4) is 56.5 Å². The van der Waals surface area contributed by atoms with E-state index in [1.165, 1.54) is 22.3 Å². The van der Waals surface area contributed by atoms with Crippen LogP contribution in [-0.4, -0.2) is 9.97 Å². The third kappa shape index (κ3) is 4.08. The Bertz CT molecular complexity index is 2740. The van der Waals surface area contributed by atoms with E-state index < -0.39 is 5.41 Å². The molecule has 242 valence electrons. The summed E-state index contributed by atoms with van der Waals surface area (Å²) < 4.78 is 7.14. The van der Waals surface area contributed by atoms with Gasteiger partial charge in [-0.25, -0.2) is 9.97 Å². The number of hydrogen-bond acceptors (Lipinski definition) is 3. The fraction of sp³-hybridized carbons (Fsp3) is 0.0204. The van der Waals surface area contributed by atoms with Gasteiger partial charge in [0, 0.05) is 38.6 Å². The second-order valence-corrected chi connectivity index (χ2v) is 13.7. The van der Waals surface area contributed by atoms with Gasteiger partial charge in [-0.05, 0) is 45.2 Å². The lowest BCUT2D eigenvalue weighted by Gasteiger charge is -2.40. The molecule has 1 aromatic heterocycles. The Morgan fingerprint density at radius 1 is 0.365 bits per heavy atom. The van der Waals surface area contributed by atoms with Crippen molar-refractivity contribution in [2.45, 2.75) is 5.41 Å². The summed E-state index contributed by atoms with van der Waals surface area (Å²) >= 11 is 0. The van der Waals surface area contributed by atoms with Crippen LogP contribution in [0.5, 0.6) is 11.5 Å². The van der Waals surface area contributed by atoms with Crippen LogP contribution in [0.4, 0.5) is 0 Å². The molecule has 2 aliphatic rings. The van der Waals surface area contributed by atoms with Crippen LogP contribution >= 0.6 is 0 Å². The number of ether oxygens (including phenoxy) is 1. The van der Waals surface area contributed by atoms with E-state index in [2.05, 4.69) is 158 Å². The molecule has 0 unspecified atom stereocenters. The first kappa shape index (κ1) is 28.9. The van der Waals surface area contributed by atoms with E-state index in [9.17, 15) is 0 Å². The first-order chi connectivity index (χ1) is 25.8. The Hall–Kier alpha value is -6.84.